The quantitative estimate of drug-likeness (QED) is 0.494. The fraction of sp³-hybridized carbons (Fsp3) is 0.382. The second-order valence-electron chi connectivity index (χ2n) is 12.5. The summed E-state index contributed by atoms with van der Waals surface area (Å²) in [4.78, 5) is 0. The Bertz CT molecular complexity index is 1360. The molecule has 0 atom stereocenters. The topological polar surface area (TPSA) is 0 Å². The fourth-order valence-electron chi connectivity index (χ4n) is 7.37. The molecule has 0 unspecified atom stereocenters. The van der Waals surface area contributed by atoms with Gasteiger partial charge in [-0.2, -0.15) is 0 Å². The van der Waals surface area contributed by atoms with Crippen molar-refractivity contribution >= 4 is 15.4 Å². The van der Waals surface area contributed by atoms with Crippen molar-refractivity contribution in [2.75, 3.05) is 0 Å². The molecule has 0 aliphatic heterocycles. The predicted molar refractivity (Wildman–Crippen MR) is 148 cm³/mol. The number of fused-ring (bicyclic) bond motifs is 5. The Morgan fingerprint density at radius 1 is 0.730 bits per heavy atom. The largest absolute Gasteiger partial charge is 1.00 e. The van der Waals surface area contributed by atoms with Gasteiger partial charge in [0.25, 0.3) is 0 Å². The molecule has 5 aliphatic rings. The van der Waals surface area contributed by atoms with E-state index in [0.29, 0.717) is 3.63 Å². The summed E-state index contributed by atoms with van der Waals surface area (Å²) < 4.78 is 4.47. The van der Waals surface area contributed by atoms with E-state index in [4.69, 9.17) is 0 Å². The van der Waals surface area contributed by atoms with Crippen LogP contribution in [0.2, 0.25) is 0 Å². The first kappa shape index (κ1) is 27.3. The molecule has 3 heteroatoms. The van der Waals surface area contributed by atoms with Crippen molar-refractivity contribution in [1.82, 2.24) is 0 Å². The number of hydrogen-bond donors (Lipinski definition) is 0. The fourth-order valence-corrected chi connectivity index (χ4v) is 16.8. The van der Waals surface area contributed by atoms with Gasteiger partial charge in [0.15, 0.2) is 0 Å². The van der Waals surface area contributed by atoms with Gasteiger partial charge in [0, 0.05) is 0 Å². The Morgan fingerprint density at radius 2 is 1.27 bits per heavy atom. The van der Waals surface area contributed by atoms with Gasteiger partial charge in [0.1, 0.15) is 0 Å². The molecular formula is C34H36Cl2Zr. The standard InChI is InChI=1S/C23H21.C6H10.C5H5.2ClH.Zr/c1-22(2)7-5-14-10-18-16(12-20(14)22)9-17-13-21-15(11-19(17)18)6-8-23(21,3)4;1-2-4-6-5-3-1;1-2-4-5-3-1;;;/h5-13H,1-4H3;1-5H2;1-3H,4H2;2*1H;/q;;;;;+2/p-2. The summed E-state index contributed by atoms with van der Waals surface area (Å²) >= 11 is -2.14. The van der Waals surface area contributed by atoms with E-state index >= 15 is 0 Å². The molecule has 0 bridgehead atoms. The summed E-state index contributed by atoms with van der Waals surface area (Å²) in [6, 6.07) is 10.4. The zero-order chi connectivity index (χ0) is 23.9. The van der Waals surface area contributed by atoms with E-state index in [2.05, 4.69) is 94.5 Å². The average molecular weight is 607 g/mol. The summed E-state index contributed by atoms with van der Waals surface area (Å²) in [5.41, 5.74) is 12.6. The summed E-state index contributed by atoms with van der Waals surface area (Å²) in [6.07, 6.45) is 25.1. The van der Waals surface area contributed by atoms with Gasteiger partial charge in [-0.3, -0.25) is 0 Å². The molecule has 0 N–H and O–H groups in total. The van der Waals surface area contributed by atoms with Crippen molar-refractivity contribution in [1.29, 1.82) is 0 Å². The van der Waals surface area contributed by atoms with Gasteiger partial charge in [-0.05, 0) is 0 Å². The van der Waals surface area contributed by atoms with Crippen molar-refractivity contribution < 1.29 is 46.1 Å². The van der Waals surface area contributed by atoms with Crippen LogP contribution in [0, 0.1) is 0 Å². The van der Waals surface area contributed by atoms with Gasteiger partial charge in [-0.25, -0.2) is 0 Å². The maximum atomic E-state index is 2.66. The van der Waals surface area contributed by atoms with E-state index in [1.165, 1.54) is 71.9 Å². The van der Waals surface area contributed by atoms with E-state index in [1.807, 2.05) is 6.49 Å². The van der Waals surface area contributed by atoms with Gasteiger partial charge in [0.05, 0.1) is 0 Å². The summed E-state index contributed by atoms with van der Waals surface area (Å²) in [5, 5.41) is 0. The molecule has 0 radical (unpaired) electrons. The molecule has 190 valence electrons. The third kappa shape index (κ3) is 4.24. The molecule has 0 heterocycles. The van der Waals surface area contributed by atoms with Crippen LogP contribution in [0.15, 0.2) is 57.9 Å². The smallest absolute Gasteiger partial charge is 1.00 e. The zero-order valence-corrected chi connectivity index (χ0v) is 26.4. The maximum Gasteiger partial charge on any atom is -1.00 e. The molecule has 2 aromatic carbocycles. The summed E-state index contributed by atoms with van der Waals surface area (Å²) in [6.45, 7) is 9.55. The normalized spacial score (nSPS) is 20.8. The van der Waals surface area contributed by atoms with Crippen LogP contribution in [0.25, 0.3) is 23.3 Å². The van der Waals surface area contributed by atoms with Crippen LogP contribution in [-0.4, -0.2) is 3.21 Å². The molecule has 0 aromatic heterocycles. The van der Waals surface area contributed by atoms with Gasteiger partial charge >= 0.3 is 220 Å². The maximum absolute atomic E-state index is 2.66. The molecule has 1 fully saturated rings. The molecule has 0 amide bonds. The Morgan fingerprint density at radius 3 is 1.76 bits per heavy atom. The Hall–Kier alpha value is -1.27. The number of allylic oxidation sites excluding steroid dienone is 6. The number of halogens is 2. The van der Waals surface area contributed by atoms with E-state index in [1.54, 1.807) is 11.1 Å². The van der Waals surface area contributed by atoms with E-state index in [9.17, 15) is 0 Å². The molecule has 2 aromatic rings. The van der Waals surface area contributed by atoms with E-state index in [-0.39, 0.29) is 35.6 Å². The van der Waals surface area contributed by atoms with Gasteiger partial charge in [0.2, 0.25) is 0 Å². The van der Waals surface area contributed by atoms with Gasteiger partial charge in [-0.1, -0.05) is 0 Å². The van der Waals surface area contributed by atoms with Gasteiger partial charge < -0.3 is 24.8 Å². The van der Waals surface area contributed by atoms with Crippen molar-refractivity contribution in [2.24, 2.45) is 0 Å². The van der Waals surface area contributed by atoms with Crippen LogP contribution < -0.4 is 24.8 Å². The average Bonchev–Trinajstić information content (AvgIpc) is 3.60. The monoisotopic (exact) mass is 604 g/mol. The number of hydrogen-bond acceptors (Lipinski definition) is 0. The molecule has 1 saturated carbocycles. The minimum absolute atomic E-state index is 0. The van der Waals surface area contributed by atoms with Crippen molar-refractivity contribution in [2.45, 2.75) is 80.7 Å². The second kappa shape index (κ2) is 9.73. The minimum atomic E-state index is -2.14. The molecule has 5 aliphatic carbocycles. The van der Waals surface area contributed by atoms with Gasteiger partial charge in [-0.15, -0.1) is 0 Å². The third-order valence-corrected chi connectivity index (χ3v) is 18.0. The Kier molecular flexibility index (Phi) is 7.18. The summed E-state index contributed by atoms with van der Waals surface area (Å²) in [7, 11) is 0. The van der Waals surface area contributed by atoms with Crippen LogP contribution in [0.5, 0.6) is 0 Å². The Balaban J connectivity index is 0.00000140. The molecule has 0 nitrogen and oxygen atoms in total. The first-order valence-electron chi connectivity index (χ1n) is 13.7. The van der Waals surface area contributed by atoms with Crippen molar-refractivity contribution in [3.8, 4) is 11.1 Å². The molecule has 37 heavy (non-hydrogen) atoms. The second-order valence-corrected chi connectivity index (χ2v) is 19.3. The first-order valence-corrected chi connectivity index (χ1v) is 17.5. The summed E-state index contributed by atoms with van der Waals surface area (Å²) in [5.74, 6) is 0. The van der Waals surface area contributed by atoms with E-state index < -0.39 is 21.3 Å². The molecule has 0 saturated heterocycles. The number of benzene rings is 2. The molecule has 7 rings (SSSR count). The Labute approximate surface area is 243 Å². The minimum Gasteiger partial charge on any atom is -1.00 e. The molecule has 0 spiro atoms. The van der Waals surface area contributed by atoms with Crippen LogP contribution in [-0.2, 0) is 32.1 Å². The van der Waals surface area contributed by atoms with E-state index in [0.717, 1.165) is 0 Å². The number of rotatable bonds is 2. The van der Waals surface area contributed by atoms with Crippen LogP contribution in [0.3, 0.4) is 0 Å². The molecular weight excluding hydrogens is 571 g/mol. The SMILES string of the molecule is CC1(C)C=Cc2cc3c(cc21)[CH]([Zr+2]([C]1=CC=CC1)=[C]1CCCCC1)c1cc2c(cc1-3)C=CC2(C)C.[Cl-].[Cl-]. The predicted octanol–water partition coefficient (Wildman–Crippen LogP) is 2.97. The van der Waals surface area contributed by atoms with Crippen LogP contribution in [0.4, 0.5) is 0 Å². The van der Waals surface area contributed by atoms with Crippen molar-refractivity contribution in [3.63, 3.8) is 0 Å². The zero-order valence-electron chi connectivity index (χ0n) is 22.4. The first-order chi connectivity index (χ1) is 16.8. The third-order valence-electron chi connectivity index (χ3n) is 9.35. The van der Waals surface area contributed by atoms with Crippen LogP contribution >= 0.6 is 0 Å². The van der Waals surface area contributed by atoms with Crippen LogP contribution in [0.1, 0.15) is 103 Å². The van der Waals surface area contributed by atoms with Crippen molar-refractivity contribution in [3.05, 3.63) is 91.3 Å².